The zero-order valence-corrected chi connectivity index (χ0v) is 11.1. The summed E-state index contributed by atoms with van der Waals surface area (Å²) in [6.45, 7) is 1.54. The lowest BCUT2D eigenvalue weighted by Crippen LogP contribution is -2.13. The summed E-state index contributed by atoms with van der Waals surface area (Å²) in [4.78, 5) is 0. The first kappa shape index (κ1) is 12.9. The molecule has 3 atom stereocenters. The summed E-state index contributed by atoms with van der Waals surface area (Å²) in [6, 6.07) is 7.20. The summed E-state index contributed by atoms with van der Waals surface area (Å²) in [5.74, 6) is -0.173. The van der Waals surface area contributed by atoms with E-state index >= 15 is 0 Å². The fourth-order valence-electron chi connectivity index (χ4n) is 2.39. The number of benzene rings is 1. The molecule has 5 heteroatoms. The minimum atomic E-state index is -3.10. The van der Waals surface area contributed by atoms with E-state index in [9.17, 15) is 13.5 Å². The molecule has 94 valence electrons. The summed E-state index contributed by atoms with van der Waals surface area (Å²) < 4.78 is 23.7. The van der Waals surface area contributed by atoms with Crippen LogP contribution in [0.25, 0.3) is 0 Å². The van der Waals surface area contributed by atoms with Crippen LogP contribution < -0.4 is 0 Å². The maximum absolute atomic E-state index is 11.9. The number of hydrogen-bond acceptors (Lipinski definition) is 3. The van der Waals surface area contributed by atoms with Gasteiger partial charge < -0.3 is 5.11 Å². The van der Waals surface area contributed by atoms with Gasteiger partial charge in [-0.25, -0.2) is 8.42 Å². The highest BCUT2D eigenvalue weighted by Gasteiger charge is 2.57. The summed E-state index contributed by atoms with van der Waals surface area (Å²) in [7, 11) is -3.10. The molecule has 0 amide bonds. The van der Waals surface area contributed by atoms with Gasteiger partial charge in [0.15, 0.2) is 9.84 Å². The molecule has 0 unspecified atom stereocenters. The first-order valence-electron chi connectivity index (χ1n) is 5.59. The van der Waals surface area contributed by atoms with Crippen LogP contribution in [0.1, 0.15) is 18.4 Å². The van der Waals surface area contributed by atoms with Crippen LogP contribution in [-0.4, -0.2) is 31.1 Å². The van der Waals surface area contributed by atoms with Crippen molar-refractivity contribution in [3.63, 3.8) is 0 Å². The molecular weight excluding hydrogens is 260 g/mol. The molecule has 1 aromatic carbocycles. The van der Waals surface area contributed by atoms with E-state index in [0.717, 1.165) is 5.56 Å². The van der Waals surface area contributed by atoms with Gasteiger partial charge in [0.1, 0.15) is 0 Å². The quantitative estimate of drug-likeness (QED) is 0.912. The number of halogens is 1. The van der Waals surface area contributed by atoms with E-state index in [2.05, 4.69) is 0 Å². The van der Waals surface area contributed by atoms with Crippen LogP contribution >= 0.6 is 11.6 Å². The molecule has 1 aliphatic rings. The lowest BCUT2D eigenvalue weighted by Gasteiger charge is -2.01. The van der Waals surface area contributed by atoms with Crippen LogP contribution in [0.5, 0.6) is 0 Å². The Morgan fingerprint density at radius 2 is 2.12 bits per heavy atom. The molecule has 0 aromatic heterocycles. The van der Waals surface area contributed by atoms with Crippen LogP contribution in [0.15, 0.2) is 24.3 Å². The second kappa shape index (κ2) is 4.59. The first-order chi connectivity index (χ1) is 8.01. The van der Waals surface area contributed by atoms with Gasteiger partial charge in [0.25, 0.3) is 0 Å². The molecule has 3 nitrogen and oxygen atoms in total. The number of aliphatic hydroxyl groups is 1. The van der Waals surface area contributed by atoms with E-state index in [4.69, 9.17) is 11.6 Å². The molecule has 0 aliphatic heterocycles. The molecule has 0 spiro atoms. The summed E-state index contributed by atoms with van der Waals surface area (Å²) >= 11 is 5.89. The summed E-state index contributed by atoms with van der Waals surface area (Å²) in [5.41, 5.74) is 0.901. The standard InChI is InChI=1S/C12H15ClO3S/c1-2-17(15,16)12-10(7-14)11(12)8-4-3-5-9(13)6-8/h3-6,10-12,14H,2,7H2,1H3/t10-,11-,12-/m1/s1. The number of hydrogen-bond donors (Lipinski definition) is 1. The Bertz CT molecular complexity index is 512. The Morgan fingerprint density at radius 1 is 1.41 bits per heavy atom. The van der Waals surface area contributed by atoms with Crippen LogP contribution in [0.2, 0.25) is 5.02 Å². The largest absolute Gasteiger partial charge is 0.396 e. The van der Waals surface area contributed by atoms with Crippen LogP contribution in [-0.2, 0) is 9.84 Å². The smallest absolute Gasteiger partial charge is 0.153 e. The van der Waals surface area contributed by atoms with E-state index in [1.165, 1.54) is 0 Å². The van der Waals surface area contributed by atoms with Crippen molar-refractivity contribution in [1.29, 1.82) is 0 Å². The van der Waals surface area contributed by atoms with E-state index < -0.39 is 15.1 Å². The van der Waals surface area contributed by atoms with E-state index in [1.807, 2.05) is 6.07 Å². The van der Waals surface area contributed by atoms with Crippen molar-refractivity contribution in [2.45, 2.75) is 18.1 Å². The number of aliphatic hydroxyl groups excluding tert-OH is 1. The molecule has 0 saturated heterocycles. The van der Waals surface area contributed by atoms with Crippen molar-refractivity contribution in [2.24, 2.45) is 5.92 Å². The first-order valence-corrected chi connectivity index (χ1v) is 7.68. The molecule has 1 aliphatic carbocycles. The molecular formula is C12H15ClO3S. The Kier molecular flexibility index (Phi) is 3.48. The molecule has 1 fully saturated rings. The lowest BCUT2D eigenvalue weighted by molar-refractivity contribution is 0.274. The third-order valence-corrected chi connectivity index (χ3v) is 5.87. The number of rotatable bonds is 4. The summed E-state index contributed by atoms with van der Waals surface area (Å²) in [6.07, 6.45) is 0. The highest BCUT2D eigenvalue weighted by molar-refractivity contribution is 7.92. The SMILES string of the molecule is CCS(=O)(=O)[C@@H]1[C@H](CO)[C@H]1c1cccc(Cl)c1. The fourth-order valence-corrected chi connectivity index (χ4v) is 4.48. The Hall–Kier alpha value is -0.580. The van der Waals surface area contributed by atoms with Crippen molar-refractivity contribution in [3.05, 3.63) is 34.9 Å². The highest BCUT2D eigenvalue weighted by atomic mass is 35.5. The van der Waals surface area contributed by atoms with Gasteiger partial charge in [0.05, 0.1) is 5.25 Å². The van der Waals surface area contributed by atoms with Gasteiger partial charge in [-0.15, -0.1) is 0 Å². The molecule has 0 heterocycles. The van der Waals surface area contributed by atoms with Crippen LogP contribution in [0.4, 0.5) is 0 Å². The second-order valence-corrected chi connectivity index (χ2v) is 7.23. The van der Waals surface area contributed by atoms with Crippen molar-refractivity contribution in [2.75, 3.05) is 12.4 Å². The average molecular weight is 275 g/mol. The topological polar surface area (TPSA) is 54.4 Å². The Balaban J connectivity index is 2.29. The lowest BCUT2D eigenvalue weighted by atomic mass is 10.1. The molecule has 1 saturated carbocycles. The van der Waals surface area contributed by atoms with Gasteiger partial charge in [-0.1, -0.05) is 30.7 Å². The molecule has 0 bridgehead atoms. The minimum Gasteiger partial charge on any atom is -0.396 e. The van der Waals surface area contributed by atoms with Gasteiger partial charge in [-0.3, -0.25) is 0 Å². The maximum atomic E-state index is 11.9. The van der Waals surface area contributed by atoms with Gasteiger partial charge >= 0.3 is 0 Å². The third kappa shape index (κ3) is 2.34. The van der Waals surface area contributed by atoms with Gasteiger partial charge in [-0.2, -0.15) is 0 Å². The van der Waals surface area contributed by atoms with Gasteiger partial charge in [0.2, 0.25) is 0 Å². The molecule has 2 rings (SSSR count). The van der Waals surface area contributed by atoms with Gasteiger partial charge in [-0.05, 0) is 17.7 Å². The maximum Gasteiger partial charge on any atom is 0.153 e. The van der Waals surface area contributed by atoms with Crippen molar-refractivity contribution in [3.8, 4) is 0 Å². The fraction of sp³-hybridized carbons (Fsp3) is 0.500. The zero-order chi connectivity index (χ0) is 12.6. The minimum absolute atomic E-state index is 0.0962. The van der Waals surface area contributed by atoms with E-state index in [0.29, 0.717) is 5.02 Å². The molecule has 17 heavy (non-hydrogen) atoms. The molecule has 1 aromatic rings. The Morgan fingerprint density at radius 3 is 2.65 bits per heavy atom. The number of sulfone groups is 1. The van der Waals surface area contributed by atoms with Crippen molar-refractivity contribution >= 4 is 21.4 Å². The third-order valence-electron chi connectivity index (χ3n) is 3.36. The molecule has 0 radical (unpaired) electrons. The predicted octanol–water partition coefficient (Wildman–Crippen LogP) is 1.85. The van der Waals surface area contributed by atoms with Crippen LogP contribution in [0.3, 0.4) is 0 Å². The average Bonchev–Trinajstić information content (AvgIpc) is 3.04. The molecule has 1 N–H and O–H groups in total. The summed E-state index contributed by atoms with van der Waals surface area (Å²) in [5, 5.41) is 9.39. The normalized spacial score (nSPS) is 28.1. The van der Waals surface area contributed by atoms with Crippen molar-refractivity contribution < 1.29 is 13.5 Å². The predicted molar refractivity (Wildman–Crippen MR) is 68.0 cm³/mol. The van der Waals surface area contributed by atoms with Gasteiger partial charge in [0, 0.05) is 29.2 Å². The van der Waals surface area contributed by atoms with Crippen molar-refractivity contribution in [1.82, 2.24) is 0 Å². The Labute approximate surface area is 106 Å². The van der Waals surface area contributed by atoms with Crippen LogP contribution in [0, 0.1) is 5.92 Å². The van der Waals surface area contributed by atoms with E-state index in [-0.39, 0.29) is 24.2 Å². The zero-order valence-electron chi connectivity index (χ0n) is 9.51. The monoisotopic (exact) mass is 274 g/mol. The second-order valence-electron chi connectivity index (χ2n) is 4.34. The van der Waals surface area contributed by atoms with E-state index in [1.54, 1.807) is 25.1 Å². The highest BCUT2D eigenvalue weighted by Crippen LogP contribution is 2.52.